The second kappa shape index (κ2) is 6.47. The molecule has 19 heavy (non-hydrogen) atoms. The van der Waals surface area contributed by atoms with E-state index in [2.05, 4.69) is 24.1 Å². The molecule has 0 aliphatic rings. The van der Waals surface area contributed by atoms with Gasteiger partial charge in [-0.1, -0.05) is 13.8 Å². The molecule has 0 radical (unpaired) electrons. The Hall–Kier alpha value is -1.69. The fraction of sp³-hybridized carbons (Fsp3) is 0.615. The van der Waals surface area contributed by atoms with Crippen molar-refractivity contribution in [1.82, 2.24) is 4.98 Å². The molecule has 6 heteroatoms. The number of nitro groups is 1. The zero-order chi connectivity index (χ0) is 14.5. The lowest BCUT2D eigenvalue weighted by molar-refractivity contribution is -0.384. The van der Waals surface area contributed by atoms with Crippen LogP contribution in [0.4, 0.5) is 11.5 Å². The molecule has 0 aromatic carbocycles. The van der Waals surface area contributed by atoms with Gasteiger partial charge in [0.1, 0.15) is 0 Å². The van der Waals surface area contributed by atoms with Crippen molar-refractivity contribution in [3.63, 3.8) is 0 Å². The highest BCUT2D eigenvalue weighted by Crippen LogP contribution is 2.28. The monoisotopic (exact) mass is 267 g/mol. The number of aryl methyl sites for hydroxylation is 1. The average Bonchev–Trinajstić information content (AvgIpc) is 2.33. The average molecular weight is 267 g/mol. The predicted octanol–water partition coefficient (Wildman–Crippen LogP) is 2.51. The summed E-state index contributed by atoms with van der Waals surface area (Å²) in [5.41, 5.74) is 0.568. The number of nitrogens with zero attached hydrogens (tertiary/aromatic N) is 2. The summed E-state index contributed by atoms with van der Waals surface area (Å²) in [6.45, 7) is 6.53. The van der Waals surface area contributed by atoms with E-state index >= 15 is 0 Å². The van der Waals surface area contributed by atoms with Gasteiger partial charge in [-0.25, -0.2) is 4.98 Å². The lowest BCUT2D eigenvalue weighted by Gasteiger charge is -2.24. The molecule has 0 aliphatic carbocycles. The number of aromatic nitrogens is 1. The standard InChI is InChI=1S/C13H21N3O3/c1-10-5-7-14-12(11(10)16(18)19)15-9-13(2,3)6-4-8-17/h5,7,17H,4,6,8-9H2,1-3H3,(H,14,15). The van der Waals surface area contributed by atoms with E-state index in [-0.39, 0.29) is 17.7 Å². The minimum atomic E-state index is -0.411. The largest absolute Gasteiger partial charge is 0.396 e. The van der Waals surface area contributed by atoms with Crippen LogP contribution in [0.1, 0.15) is 32.3 Å². The fourth-order valence-corrected chi connectivity index (χ4v) is 1.88. The molecule has 1 rings (SSSR count). The van der Waals surface area contributed by atoms with E-state index < -0.39 is 4.92 Å². The van der Waals surface area contributed by atoms with Crippen LogP contribution in [-0.2, 0) is 0 Å². The molecule has 0 amide bonds. The van der Waals surface area contributed by atoms with E-state index in [9.17, 15) is 10.1 Å². The predicted molar refractivity (Wildman–Crippen MR) is 74.2 cm³/mol. The Morgan fingerprint density at radius 2 is 2.21 bits per heavy atom. The maximum Gasteiger partial charge on any atom is 0.314 e. The minimum Gasteiger partial charge on any atom is -0.396 e. The highest BCUT2D eigenvalue weighted by atomic mass is 16.6. The van der Waals surface area contributed by atoms with Crippen molar-refractivity contribution in [3.05, 3.63) is 27.9 Å². The Morgan fingerprint density at radius 1 is 1.53 bits per heavy atom. The molecule has 0 spiro atoms. The van der Waals surface area contributed by atoms with E-state index in [1.807, 2.05) is 0 Å². The first-order valence-electron chi connectivity index (χ1n) is 6.32. The first kappa shape index (κ1) is 15.4. The Balaban J connectivity index is 2.78. The third-order valence-electron chi connectivity index (χ3n) is 3.05. The number of aliphatic hydroxyl groups excluding tert-OH is 1. The van der Waals surface area contributed by atoms with Gasteiger partial charge in [0.05, 0.1) is 4.92 Å². The molecule has 1 heterocycles. The lowest BCUT2D eigenvalue weighted by Crippen LogP contribution is -2.24. The summed E-state index contributed by atoms with van der Waals surface area (Å²) in [4.78, 5) is 14.7. The van der Waals surface area contributed by atoms with Crippen molar-refractivity contribution in [2.75, 3.05) is 18.5 Å². The van der Waals surface area contributed by atoms with Crippen LogP contribution in [0.2, 0.25) is 0 Å². The van der Waals surface area contributed by atoms with Crippen LogP contribution < -0.4 is 5.32 Å². The Morgan fingerprint density at radius 3 is 2.79 bits per heavy atom. The molecule has 0 saturated carbocycles. The molecule has 0 bridgehead atoms. The van der Waals surface area contributed by atoms with Crippen LogP contribution >= 0.6 is 0 Å². The Labute approximate surface area is 113 Å². The van der Waals surface area contributed by atoms with Crippen LogP contribution in [0, 0.1) is 22.5 Å². The quantitative estimate of drug-likeness (QED) is 0.585. The van der Waals surface area contributed by atoms with Crippen molar-refractivity contribution < 1.29 is 10.0 Å². The van der Waals surface area contributed by atoms with E-state index in [0.29, 0.717) is 17.9 Å². The van der Waals surface area contributed by atoms with Gasteiger partial charge in [0.25, 0.3) is 0 Å². The zero-order valence-corrected chi connectivity index (χ0v) is 11.6. The maximum absolute atomic E-state index is 11.0. The SMILES string of the molecule is Cc1ccnc(NCC(C)(C)CCCO)c1[N+](=O)[O-]. The number of hydrogen-bond acceptors (Lipinski definition) is 5. The zero-order valence-electron chi connectivity index (χ0n) is 11.6. The molecule has 0 aliphatic heterocycles. The third kappa shape index (κ3) is 4.48. The van der Waals surface area contributed by atoms with Gasteiger partial charge in [-0.05, 0) is 31.2 Å². The second-order valence-electron chi connectivity index (χ2n) is 5.43. The maximum atomic E-state index is 11.0. The smallest absolute Gasteiger partial charge is 0.314 e. The summed E-state index contributed by atoms with van der Waals surface area (Å²) in [5, 5.41) is 22.9. The van der Waals surface area contributed by atoms with Gasteiger partial charge in [0.2, 0.25) is 5.82 Å². The van der Waals surface area contributed by atoms with Gasteiger partial charge < -0.3 is 10.4 Å². The number of hydrogen-bond donors (Lipinski definition) is 2. The molecule has 1 aromatic heterocycles. The topological polar surface area (TPSA) is 88.3 Å². The summed E-state index contributed by atoms with van der Waals surface area (Å²) >= 11 is 0. The van der Waals surface area contributed by atoms with Crippen LogP contribution in [0.3, 0.4) is 0 Å². The summed E-state index contributed by atoms with van der Waals surface area (Å²) in [7, 11) is 0. The summed E-state index contributed by atoms with van der Waals surface area (Å²) in [6, 6.07) is 1.63. The van der Waals surface area contributed by atoms with Gasteiger partial charge in [0.15, 0.2) is 0 Å². The summed E-state index contributed by atoms with van der Waals surface area (Å²) in [6.07, 6.45) is 3.12. The van der Waals surface area contributed by atoms with Crippen LogP contribution in [0.15, 0.2) is 12.3 Å². The van der Waals surface area contributed by atoms with Gasteiger partial charge in [0, 0.05) is 24.9 Å². The molecule has 0 unspecified atom stereocenters. The number of anilines is 1. The molecule has 6 nitrogen and oxygen atoms in total. The summed E-state index contributed by atoms with van der Waals surface area (Å²) in [5.74, 6) is 0.307. The van der Waals surface area contributed by atoms with Crippen molar-refractivity contribution >= 4 is 11.5 Å². The molecule has 1 aromatic rings. The van der Waals surface area contributed by atoms with Gasteiger partial charge in [-0.3, -0.25) is 10.1 Å². The highest BCUT2D eigenvalue weighted by molar-refractivity contribution is 5.59. The number of aliphatic hydroxyl groups is 1. The van der Waals surface area contributed by atoms with E-state index in [0.717, 1.165) is 12.8 Å². The normalized spacial score (nSPS) is 11.4. The van der Waals surface area contributed by atoms with Gasteiger partial charge in [-0.15, -0.1) is 0 Å². The first-order chi connectivity index (χ1) is 8.87. The highest BCUT2D eigenvalue weighted by Gasteiger charge is 2.22. The van der Waals surface area contributed by atoms with E-state index in [4.69, 9.17) is 5.11 Å². The lowest BCUT2D eigenvalue weighted by atomic mass is 9.88. The van der Waals surface area contributed by atoms with Crippen molar-refractivity contribution in [3.8, 4) is 0 Å². The molecule has 2 N–H and O–H groups in total. The fourth-order valence-electron chi connectivity index (χ4n) is 1.88. The number of nitrogens with one attached hydrogen (secondary N) is 1. The molecule has 0 atom stereocenters. The van der Waals surface area contributed by atoms with E-state index in [1.165, 1.54) is 0 Å². The molecule has 0 saturated heterocycles. The first-order valence-corrected chi connectivity index (χ1v) is 6.32. The second-order valence-corrected chi connectivity index (χ2v) is 5.43. The third-order valence-corrected chi connectivity index (χ3v) is 3.05. The molecule has 0 fully saturated rings. The molecular weight excluding hydrogens is 246 g/mol. The van der Waals surface area contributed by atoms with Crippen molar-refractivity contribution in [1.29, 1.82) is 0 Å². The van der Waals surface area contributed by atoms with Crippen LogP contribution in [0.25, 0.3) is 0 Å². The van der Waals surface area contributed by atoms with Crippen LogP contribution in [0.5, 0.6) is 0 Å². The minimum absolute atomic E-state index is 0.0282. The van der Waals surface area contributed by atoms with Gasteiger partial charge >= 0.3 is 5.69 Å². The van der Waals surface area contributed by atoms with Crippen molar-refractivity contribution in [2.45, 2.75) is 33.6 Å². The summed E-state index contributed by atoms with van der Waals surface area (Å²) < 4.78 is 0. The Kier molecular flexibility index (Phi) is 5.23. The molecule has 106 valence electrons. The van der Waals surface area contributed by atoms with E-state index in [1.54, 1.807) is 19.2 Å². The van der Waals surface area contributed by atoms with Crippen LogP contribution in [-0.4, -0.2) is 28.2 Å². The number of pyridine rings is 1. The number of rotatable bonds is 7. The molecular formula is C13H21N3O3. The van der Waals surface area contributed by atoms with Crippen molar-refractivity contribution in [2.24, 2.45) is 5.41 Å². The van der Waals surface area contributed by atoms with Gasteiger partial charge in [-0.2, -0.15) is 0 Å². The Bertz CT molecular complexity index is 447.